The quantitative estimate of drug-likeness (QED) is 0.196. The van der Waals surface area contributed by atoms with Crippen LogP contribution in [0.1, 0.15) is 71.3 Å². The van der Waals surface area contributed by atoms with E-state index in [1.165, 1.54) is 11.8 Å². The van der Waals surface area contributed by atoms with Crippen LogP contribution < -0.4 is 0 Å². The Bertz CT molecular complexity index is 587. The highest BCUT2D eigenvalue weighted by molar-refractivity contribution is 8.14. The van der Waals surface area contributed by atoms with Crippen LogP contribution in [-0.4, -0.2) is 57.8 Å². The third-order valence-corrected chi connectivity index (χ3v) is 8.35. The van der Waals surface area contributed by atoms with E-state index in [0.717, 1.165) is 11.1 Å². The molecule has 0 amide bonds. The van der Waals surface area contributed by atoms with Gasteiger partial charge in [-0.25, -0.2) is 9.34 Å². The van der Waals surface area contributed by atoms with Gasteiger partial charge in [-0.05, 0) is 62.3 Å². The van der Waals surface area contributed by atoms with Crippen LogP contribution >= 0.6 is 20.2 Å². The first-order valence-corrected chi connectivity index (χ1v) is 13.0. The Morgan fingerprint density at radius 1 is 0.900 bits per heavy atom. The molecule has 0 aliphatic carbocycles. The summed E-state index contributed by atoms with van der Waals surface area (Å²) in [5.41, 5.74) is 1.89. The SMILES string of the molecule is Cc1ccc(C(=O)SCCOCOP(N(C(C)C)C(C)C)N(C(C)C)C(C)C)cc1. The summed E-state index contributed by atoms with van der Waals surface area (Å²) in [6.45, 7) is 20.4. The lowest BCUT2D eigenvalue weighted by Gasteiger charge is -2.45. The zero-order chi connectivity index (χ0) is 22.8. The molecule has 0 unspecified atom stereocenters. The molecule has 0 heterocycles. The molecule has 1 rings (SSSR count). The van der Waals surface area contributed by atoms with Crippen LogP contribution in [0, 0.1) is 6.92 Å². The summed E-state index contributed by atoms with van der Waals surface area (Å²) in [7, 11) is -0.950. The molecular formula is C23H41N2O3PS. The van der Waals surface area contributed by atoms with E-state index in [9.17, 15) is 4.79 Å². The van der Waals surface area contributed by atoms with E-state index < -0.39 is 8.45 Å². The van der Waals surface area contributed by atoms with Crippen molar-refractivity contribution in [2.24, 2.45) is 0 Å². The van der Waals surface area contributed by atoms with Gasteiger partial charge in [0.25, 0.3) is 0 Å². The summed E-state index contributed by atoms with van der Waals surface area (Å²) < 4.78 is 17.0. The highest BCUT2D eigenvalue weighted by Gasteiger charge is 2.34. The summed E-state index contributed by atoms with van der Waals surface area (Å²) in [4.78, 5) is 12.2. The summed E-state index contributed by atoms with van der Waals surface area (Å²) in [5.74, 6) is 0.615. The monoisotopic (exact) mass is 456 g/mol. The van der Waals surface area contributed by atoms with Gasteiger partial charge in [-0.15, -0.1) is 0 Å². The molecule has 0 fully saturated rings. The Labute approximate surface area is 189 Å². The summed E-state index contributed by atoms with van der Waals surface area (Å²) in [5, 5.41) is 0.0818. The van der Waals surface area contributed by atoms with Gasteiger partial charge in [-0.2, -0.15) is 0 Å². The van der Waals surface area contributed by atoms with Crippen molar-refractivity contribution in [2.45, 2.75) is 86.5 Å². The summed E-state index contributed by atoms with van der Waals surface area (Å²) in [6.07, 6.45) is 0. The number of benzene rings is 1. The van der Waals surface area contributed by atoms with Gasteiger partial charge in [0.2, 0.25) is 5.12 Å². The minimum Gasteiger partial charge on any atom is -0.354 e. The minimum atomic E-state index is -0.950. The van der Waals surface area contributed by atoms with Gasteiger partial charge in [-0.1, -0.05) is 41.6 Å². The molecule has 1 aromatic carbocycles. The molecule has 30 heavy (non-hydrogen) atoms. The van der Waals surface area contributed by atoms with Gasteiger partial charge in [0.15, 0.2) is 15.2 Å². The van der Waals surface area contributed by atoms with Gasteiger partial charge < -0.3 is 9.26 Å². The van der Waals surface area contributed by atoms with Gasteiger partial charge in [0.05, 0.1) is 6.61 Å². The second-order valence-electron chi connectivity index (χ2n) is 8.54. The molecule has 0 atom stereocenters. The molecule has 0 bridgehead atoms. The third kappa shape index (κ3) is 8.94. The van der Waals surface area contributed by atoms with Crippen LogP contribution in [-0.2, 0) is 9.26 Å². The predicted molar refractivity (Wildman–Crippen MR) is 131 cm³/mol. The molecule has 172 valence electrons. The Balaban J connectivity index is 2.58. The van der Waals surface area contributed by atoms with Crippen molar-refractivity contribution in [2.75, 3.05) is 19.2 Å². The normalized spacial score (nSPS) is 12.5. The zero-order valence-electron chi connectivity index (χ0n) is 20.2. The fourth-order valence-electron chi connectivity index (χ4n) is 3.35. The second-order valence-corrected chi connectivity index (χ2v) is 11.3. The molecule has 0 saturated heterocycles. The van der Waals surface area contributed by atoms with Crippen molar-refractivity contribution >= 4 is 25.3 Å². The molecule has 7 heteroatoms. The van der Waals surface area contributed by atoms with Crippen molar-refractivity contribution in [3.8, 4) is 0 Å². The second kappa shape index (κ2) is 13.8. The number of nitrogens with zero attached hydrogens (tertiary/aromatic N) is 2. The van der Waals surface area contributed by atoms with Gasteiger partial charge >= 0.3 is 0 Å². The van der Waals surface area contributed by atoms with Crippen LogP contribution in [0.3, 0.4) is 0 Å². The smallest absolute Gasteiger partial charge is 0.219 e. The Morgan fingerprint density at radius 3 is 1.80 bits per heavy atom. The van der Waals surface area contributed by atoms with E-state index in [4.69, 9.17) is 9.26 Å². The molecule has 0 aromatic heterocycles. The van der Waals surface area contributed by atoms with Crippen LogP contribution in [0.15, 0.2) is 24.3 Å². The number of hydrogen-bond donors (Lipinski definition) is 0. The molecule has 1 aromatic rings. The first-order chi connectivity index (χ1) is 14.1. The first kappa shape index (κ1) is 27.5. The maximum absolute atomic E-state index is 12.2. The Kier molecular flexibility index (Phi) is 12.7. The van der Waals surface area contributed by atoms with Crippen molar-refractivity contribution in [1.82, 2.24) is 9.34 Å². The van der Waals surface area contributed by atoms with E-state index in [2.05, 4.69) is 64.7 Å². The van der Waals surface area contributed by atoms with Crippen molar-refractivity contribution in [3.05, 3.63) is 35.4 Å². The molecule has 0 N–H and O–H groups in total. The van der Waals surface area contributed by atoms with Gasteiger partial charge in [0, 0.05) is 35.5 Å². The minimum absolute atomic E-state index is 0.0818. The average Bonchev–Trinajstić information content (AvgIpc) is 2.63. The fraction of sp³-hybridized carbons (Fsp3) is 0.696. The van der Waals surface area contributed by atoms with Crippen molar-refractivity contribution in [1.29, 1.82) is 0 Å². The number of hydrogen-bond acceptors (Lipinski definition) is 6. The van der Waals surface area contributed by atoms with Crippen molar-refractivity contribution < 1.29 is 14.1 Å². The van der Waals surface area contributed by atoms with E-state index in [-0.39, 0.29) is 11.9 Å². The molecular weight excluding hydrogens is 415 g/mol. The largest absolute Gasteiger partial charge is 0.354 e. The van der Waals surface area contributed by atoms with Gasteiger partial charge in [0.1, 0.15) is 0 Å². The zero-order valence-corrected chi connectivity index (χ0v) is 21.9. The van der Waals surface area contributed by atoms with E-state index in [1.54, 1.807) is 0 Å². The molecule has 0 saturated carbocycles. The summed E-state index contributed by atoms with van der Waals surface area (Å²) >= 11 is 1.29. The molecule has 0 radical (unpaired) electrons. The molecule has 0 aliphatic heterocycles. The average molecular weight is 457 g/mol. The lowest BCUT2D eigenvalue weighted by molar-refractivity contribution is 0.0154. The van der Waals surface area contributed by atoms with Crippen LogP contribution in [0.4, 0.5) is 0 Å². The Morgan fingerprint density at radius 2 is 1.37 bits per heavy atom. The molecule has 5 nitrogen and oxygen atoms in total. The lowest BCUT2D eigenvalue weighted by Crippen LogP contribution is -2.43. The Hall–Kier alpha value is -0.490. The fourth-order valence-corrected chi connectivity index (χ4v) is 6.29. The number of carbonyl (C=O) groups excluding carboxylic acids is 1. The number of carbonyl (C=O) groups is 1. The third-order valence-electron chi connectivity index (χ3n) is 4.51. The predicted octanol–water partition coefficient (Wildman–Crippen LogP) is 6.32. The van der Waals surface area contributed by atoms with E-state index in [1.807, 2.05) is 31.2 Å². The summed E-state index contributed by atoms with van der Waals surface area (Å²) in [6, 6.07) is 9.17. The maximum atomic E-state index is 12.2. The number of thioether (sulfide) groups is 1. The number of rotatable bonds is 13. The highest BCUT2D eigenvalue weighted by atomic mass is 32.2. The molecule has 0 spiro atoms. The van der Waals surface area contributed by atoms with E-state index >= 15 is 0 Å². The topological polar surface area (TPSA) is 42.0 Å². The highest BCUT2D eigenvalue weighted by Crippen LogP contribution is 2.50. The first-order valence-electron chi connectivity index (χ1n) is 10.9. The number of ether oxygens (including phenoxy) is 1. The number of aryl methyl sites for hydroxylation is 1. The maximum Gasteiger partial charge on any atom is 0.219 e. The van der Waals surface area contributed by atoms with Crippen LogP contribution in [0.2, 0.25) is 0 Å². The van der Waals surface area contributed by atoms with Crippen LogP contribution in [0.25, 0.3) is 0 Å². The van der Waals surface area contributed by atoms with Crippen LogP contribution in [0.5, 0.6) is 0 Å². The van der Waals surface area contributed by atoms with Crippen molar-refractivity contribution in [3.63, 3.8) is 0 Å². The standard InChI is InChI=1S/C23H41N2O3PS/c1-17(2)24(18(3)4)29(25(19(5)6)20(7)8)28-16-27-14-15-30-23(26)22-12-10-21(9)11-13-22/h10-13,17-20H,14-16H2,1-9H3. The molecule has 0 aliphatic rings. The van der Waals surface area contributed by atoms with E-state index in [0.29, 0.717) is 36.5 Å². The lowest BCUT2D eigenvalue weighted by atomic mass is 10.2. The van der Waals surface area contributed by atoms with Gasteiger partial charge in [-0.3, -0.25) is 4.79 Å².